The Morgan fingerprint density at radius 2 is 2.05 bits per heavy atom. The lowest BCUT2D eigenvalue weighted by atomic mass is 10.1. The first-order valence-corrected chi connectivity index (χ1v) is 7.48. The van der Waals surface area contributed by atoms with Crippen LogP contribution in [0.3, 0.4) is 0 Å². The third kappa shape index (κ3) is 3.39. The van der Waals surface area contributed by atoms with Crippen LogP contribution in [0.25, 0.3) is 0 Å². The number of rotatable bonds is 4. The van der Waals surface area contributed by atoms with Crippen LogP contribution in [0.15, 0.2) is 30.3 Å². The van der Waals surface area contributed by atoms with Crippen molar-refractivity contribution in [1.29, 1.82) is 0 Å². The number of thiophene rings is 1. The Hall–Kier alpha value is -1.81. The van der Waals surface area contributed by atoms with Crippen molar-refractivity contribution in [3.8, 4) is 0 Å². The third-order valence-electron chi connectivity index (χ3n) is 3.33. The number of anilines is 1. The average molecular weight is 288 g/mol. The summed E-state index contributed by atoms with van der Waals surface area (Å²) < 4.78 is 0. The molecule has 2 aromatic rings. The van der Waals surface area contributed by atoms with Crippen LogP contribution in [0.5, 0.6) is 0 Å². The van der Waals surface area contributed by atoms with Gasteiger partial charge in [-0.25, -0.2) is 0 Å². The predicted octanol–water partition coefficient (Wildman–Crippen LogP) is 3.37. The Kier molecular flexibility index (Phi) is 4.45. The first-order chi connectivity index (χ1) is 9.47. The van der Waals surface area contributed by atoms with Gasteiger partial charge in [0.15, 0.2) is 0 Å². The first kappa shape index (κ1) is 14.6. The van der Waals surface area contributed by atoms with E-state index in [1.165, 1.54) is 15.3 Å². The van der Waals surface area contributed by atoms with Crippen LogP contribution in [0.4, 0.5) is 5.69 Å². The maximum absolute atomic E-state index is 12.1. The molecule has 0 saturated carbocycles. The van der Waals surface area contributed by atoms with Crippen LogP contribution in [-0.4, -0.2) is 5.91 Å². The lowest BCUT2D eigenvalue weighted by molar-refractivity contribution is -0.121. The van der Waals surface area contributed by atoms with Crippen molar-refractivity contribution < 1.29 is 4.79 Å². The summed E-state index contributed by atoms with van der Waals surface area (Å²) in [6.07, 6.45) is 0.319. The standard InChI is InChI=1S/C16H20N2OS/c1-10-8-14(12(3)20-10)11(2)18-16(19)9-13-6-4-5-7-15(13)17/h4-8,11H,9,17H2,1-3H3,(H,18,19). The smallest absolute Gasteiger partial charge is 0.224 e. The molecule has 3 nitrogen and oxygen atoms in total. The van der Waals surface area contributed by atoms with Crippen LogP contribution >= 0.6 is 11.3 Å². The fraction of sp³-hybridized carbons (Fsp3) is 0.312. The summed E-state index contributed by atoms with van der Waals surface area (Å²) in [6.45, 7) is 6.19. The number of benzene rings is 1. The summed E-state index contributed by atoms with van der Waals surface area (Å²) in [5.41, 5.74) is 8.59. The van der Waals surface area contributed by atoms with Gasteiger partial charge in [-0.05, 0) is 44.0 Å². The second-order valence-electron chi connectivity index (χ2n) is 5.03. The Bertz CT molecular complexity index is 619. The Morgan fingerprint density at radius 1 is 1.35 bits per heavy atom. The molecule has 0 radical (unpaired) electrons. The molecule has 1 aromatic carbocycles. The monoisotopic (exact) mass is 288 g/mol. The zero-order chi connectivity index (χ0) is 14.7. The number of nitrogen functional groups attached to an aromatic ring is 1. The molecule has 1 aromatic heterocycles. The lowest BCUT2D eigenvalue weighted by Gasteiger charge is -2.14. The number of para-hydroxylation sites is 1. The molecule has 0 aliphatic heterocycles. The largest absolute Gasteiger partial charge is 0.398 e. The number of hydrogen-bond acceptors (Lipinski definition) is 3. The number of nitrogens with two attached hydrogens (primary N) is 1. The number of nitrogens with one attached hydrogen (secondary N) is 1. The molecular weight excluding hydrogens is 268 g/mol. The number of carbonyl (C=O) groups is 1. The molecule has 3 N–H and O–H groups in total. The molecule has 0 aliphatic rings. The van der Waals surface area contributed by atoms with Crippen molar-refractivity contribution in [2.24, 2.45) is 0 Å². The molecule has 106 valence electrons. The van der Waals surface area contributed by atoms with Crippen LogP contribution in [0, 0.1) is 13.8 Å². The fourth-order valence-electron chi connectivity index (χ4n) is 2.32. The van der Waals surface area contributed by atoms with E-state index in [0.717, 1.165) is 5.56 Å². The van der Waals surface area contributed by atoms with Gasteiger partial charge < -0.3 is 11.1 Å². The quantitative estimate of drug-likeness (QED) is 0.848. The van der Waals surface area contributed by atoms with Gasteiger partial charge in [0.25, 0.3) is 0 Å². The molecule has 4 heteroatoms. The van der Waals surface area contributed by atoms with Gasteiger partial charge in [-0.1, -0.05) is 18.2 Å². The van der Waals surface area contributed by atoms with Crippen molar-refractivity contribution in [3.05, 3.63) is 51.2 Å². The maximum atomic E-state index is 12.1. The second-order valence-corrected chi connectivity index (χ2v) is 6.49. The van der Waals surface area contributed by atoms with Crippen molar-refractivity contribution in [1.82, 2.24) is 5.32 Å². The highest BCUT2D eigenvalue weighted by molar-refractivity contribution is 7.12. The molecule has 0 saturated heterocycles. The van der Waals surface area contributed by atoms with Crippen LogP contribution in [0.1, 0.15) is 33.8 Å². The Balaban J connectivity index is 2.01. The summed E-state index contributed by atoms with van der Waals surface area (Å²) in [5, 5.41) is 3.04. The minimum atomic E-state index is -0.00125. The molecule has 1 amide bonds. The zero-order valence-electron chi connectivity index (χ0n) is 12.1. The van der Waals surface area contributed by atoms with E-state index in [-0.39, 0.29) is 11.9 Å². The van der Waals surface area contributed by atoms with Gasteiger partial charge >= 0.3 is 0 Å². The number of amides is 1. The summed E-state index contributed by atoms with van der Waals surface area (Å²) in [7, 11) is 0. The SMILES string of the molecule is Cc1cc(C(C)NC(=O)Cc2ccccc2N)c(C)s1. The van der Waals surface area contributed by atoms with Gasteiger partial charge in [0, 0.05) is 15.4 Å². The van der Waals surface area contributed by atoms with E-state index in [1.807, 2.05) is 31.2 Å². The highest BCUT2D eigenvalue weighted by atomic mass is 32.1. The summed E-state index contributed by atoms with van der Waals surface area (Å²) in [6, 6.07) is 9.64. The van der Waals surface area contributed by atoms with E-state index < -0.39 is 0 Å². The predicted molar refractivity (Wildman–Crippen MR) is 84.9 cm³/mol. The topological polar surface area (TPSA) is 55.1 Å². The molecule has 0 spiro atoms. The normalized spacial score (nSPS) is 12.2. The lowest BCUT2D eigenvalue weighted by Crippen LogP contribution is -2.28. The number of aryl methyl sites for hydroxylation is 2. The molecule has 0 aliphatic carbocycles. The highest BCUT2D eigenvalue weighted by Gasteiger charge is 2.14. The summed E-state index contributed by atoms with van der Waals surface area (Å²) in [4.78, 5) is 14.6. The van der Waals surface area contributed by atoms with Crippen molar-refractivity contribution in [3.63, 3.8) is 0 Å². The Labute approximate surface area is 123 Å². The zero-order valence-corrected chi connectivity index (χ0v) is 12.9. The van der Waals surface area contributed by atoms with E-state index in [9.17, 15) is 4.79 Å². The van der Waals surface area contributed by atoms with E-state index in [2.05, 4.69) is 25.2 Å². The van der Waals surface area contributed by atoms with Crippen molar-refractivity contribution in [2.45, 2.75) is 33.2 Å². The summed E-state index contributed by atoms with van der Waals surface area (Å²) >= 11 is 1.76. The van der Waals surface area contributed by atoms with Gasteiger partial charge in [-0.3, -0.25) is 4.79 Å². The minimum absolute atomic E-state index is 0.00125. The Morgan fingerprint density at radius 3 is 2.65 bits per heavy atom. The molecule has 0 bridgehead atoms. The van der Waals surface area contributed by atoms with Gasteiger partial charge in [0.1, 0.15) is 0 Å². The molecule has 20 heavy (non-hydrogen) atoms. The molecule has 0 fully saturated rings. The van der Waals surface area contributed by atoms with Crippen molar-refractivity contribution in [2.75, 3.05) is 5.73 Å². The van der Waals surface area contributed by atoms with E-state index in [4.69, 9.17) is 5.73 Å². The van der Waals surface area contributed by atoms with Gasteiger partial charge in [-0.15, -0.1) is 11.3 Å². The molecule has 2 rings (SSSR count). The molecular formula is C16H20N2OS. The highest BCUT2D eigenvalue weighted by Crippen LogP contribution is 2.26. The number of carbonyl (C=O) groups excluding carboxylic acids is 1. The van der Waals surface area contributed by atoms with E-state index in [1.54, 1.807) is 11.3 Å². The second kappa shape index (κ2) is 6.09. The van der Waals surface area contributed by atoms with E-state index >= 15 is 0 Å². The van der Waals surface area contributed by atoms with Gasteiger partial charge in [-0.2, -0.15) is 0 Å². The van der Waals surface area contributed by atoms with E-state index in [0.29, 0.717) is 12.1 Å². The minimum Gasteiger partial charge on any atom is -0.398 e. The summed E-state index contributed by atoms with van der Waals surface area (Å²) in [5.74, 6) is -0.00125. The van der Waals surface area contributed by atoms with Crippen LogP contribution in [-0.2, 0) is 11.2 Å². The molecule has 1 heterocycles. The number of hydrogen-bond donors (Lipinski definition) is 2. The molecule has 1 unspecified atom stereocenters. The van der Waals surface area contributed by atoms with Gasteiger partial charge in [0.2, 0.25) is 5.91 Å². The average Bonchev–Trinajstić information content (AvgIpc) is 2.71. The van der Waals surface area contributed by atoms with Crippen LogP contribution in [0.2, 0.25) is 0 Å². The van der Waals surface area contributed by atoms with Crippen LogP contribution < -0.4 is 11.1 Å². The first-order valence-electron chi connectivity index (χ1n) is 6.67. The maximum Gasteiger partial charge on any atom is 0.224 e. The van der Waals surface area contributed by atoms with Crippen molar-refractivity contribution >= 4 is 22.9 Å². The molecule has 1 atom stereocenters. The fourth-order valence-corrected chi connectivity index (χ4v) is 3.34. The third-order valence-corrected chi connectivity index (χ3v) is 4.31. The van der Waals surface area contributed by atoms with Gasteiger partial charge in [0.05, 0.1) is 12.5 Å².